The van der Waals surface area contributed by atoms with Crippen molar-refractivity contribution >= 4 is 26.1 Å². The van der Waals surface area contributed by atoms with E-state index in [4.69, 9.17) is 0 Å². The summed E-state index contributed by atoms with van der Waals surface area (Å²) in [6.45, 7) is 3.41. The van der Waals surface area contributed by atoms with Gasteiger partial charge in [0.05, 0.1) is 11.4 Å². The minimum Gasteiger partial charge on any atom is -0.352 e. The van der Waals surface area contributed by atoms with Gasteiger partial charge < -0.3 is 5.32 Å². The second-order valence-electron chi connectivity index (χ2n) is 4.62. The molecule has 1 unspecified atom stereocenters. The minimum atomic E-state index is -0.479. The van der Waals surface area contributed by atoms with Gasteiger partial charge in [0.1, 0.15) is 11.6 Å². The van der Waals surface area contributed by atoms with Gasteiger partial charge in [-0.1, -0.05) is 15.3 Å². The van der Waals surface area contributed by atoms with Crippen molar-refractivity contribution in [2.75, 3.05) is 5.32 Å². The number of rotatable bonds is 3. The Balaban J connectivity index is 2.50. The Morgan fingerprint density at radius 3 is 2.40 bits per heavy atom. The van der Waals surface area contributed by atoms with Crippen molar-refractivity contribution in [1.29, 1.82) is 0 Å². The smallest absolute Gasteiger partial charge is 0.180 e. The van der Waals surface area contributed by atoms with E-state index in [1.54, 1.807) is 26.0 Å². The third-order valence-electron chi connectivity index (χ3n) is 2.94. The lowest BCUT2D eigenvalue weighted by Crippen LogP contribution is -2.03. The van der Waals surface area contributed by atoms with Crippen LogP contribution < -0.4 is 5.32 Å². The lowest BCUT2D eigenvalue weighted by Gasteiger charge is -2.13. The summed E-state index contributed by atoms with van der Waals surface area (Å²) in [6, 6.07) is 7.12. The minimum absolute atomic E-state index is 0.202. The first-order valence-corrected chi connectivity index (χ1v) is 6.59. The van der Waals surface area contributed by atoms with Crippen molar-refractivity contribution < 1.29 is 13.6 Å². The van der Waals surface area contributed by atoms with Crippen LogP contribution in [-0.4, -0.2) is 5.52 Å². The maximum absolute atomic E-state index is 13.8. The van der Waals surface area contributed by atoms with Gasteiger partial charge in [-0.2, -0.15) is 0 Å². The number of halogens is 2. The molecule has 2 aromatic carbocycles. The number of benzene rings is 2. The average molecular weight is 293 g/mol. The molecule has 0 aliphatic carbocycles. The molecule has 0 saturated carbocycles. The van der Waals surface area contributed by atoms with Crippen LogP contribution in [0.4, 0.5) is 20.2 Å². The molecule has 0 heterocycles. The van der Waals surface area contributed by atoms with Gasteiger partial charge in [0.15, 0.2) is 5.52 Å². The van der Waals surface area contributed by atoms with Gasteiger partial charge in [-0.3, -0.25) is 4.79 Å². The molecule has 2 nitrogen and oxygen atoms in total. The molecule has 0 aliphatic heterocycles. The summed E-state index contributed by atoms with van der Waals surface area (Å²) in [7, 11) is 2.05. The van der Waals surface area contributed by atoms with E-state index in [9.17, 15) is 13.6 Å². The van der Waals surface area contributed by atoms with Crippen LogP contribution in [0.25, 0.3) is 0 Å². The third kappa shape index (κ3) is 3.02. The molecule has 2 rings (SSSR count). The first-order valence-electron chi connectivity index (χ1n) is 6.01. The van der Waals surface area contributed by atoms with Crippen LogP contribution in [0.3, 0.4) is 0 Å². The Morgan fingerprint density at radius 2 is 1.80 bits per heavy atom. The second-order valence-corrected chi connectivity index (χ2v) is 5.14. The van der Waals surface area contributed by atoms with Gasteiger partial charge in [0.25, 0.3) is 0 Å². The quantitative estimate of drug-likeness (QED) is 0.853. The van der Waals surface area contributed by atoms with Crippen molar-refractivity contribution in [3.05, 3.63) is 58.7 Å². The van der Waals surface area contributed by atoms with Crippen molar-refractivity contribution in [2.45, 2.75) is 13.8 Å². The van der Waals surface area contributed by atoms with E-state index in [1.807, 2.05) is 9.24 Å². The summed E-state index contributed by atoms with van der Waals surface area (Å²) in [5.41, 5.74) is 1.79. The predicted octanol–water partition coefficient (Wildman–Crippen LogP) is 4.34. The molecule has 0 bridgehead atoms. The summed E-state index contributed by atoms with van der Waals surface area (Å²) in [5, 5.41) is 2.78. The van der Waals surface area contributed by atoms with Gasteiger partial charge in [0, 0.05) is 5.56 Å². The zero-order valence-electron chi connectivity index (χ0n) is 11.1. The molecule has 0 amide bonds. The molecule has 0 fully saturated rings. The summed E-state index contributed by atoms with van der Waals surface area (Å²) < 4.78 is 27.3. The second kappa shape index (κ2) is 5.68. The van der Waals surface area contributed by atoms with Crippen molar-refractivity contribution in [3.63, 3.8) is 0 Å². The summed E-state index contributed by atoms with van der Waals surface area (Å²) in [5.74, 6) is -0.929. The molecule has 5 heteroatoms. The molecule has 0 saturated heterocycles. The van der Waals surface area contributed by atoms with Gasteiger partial charge in [-0.15, -0.1) is 0 Å². The lowest BCUT2D eigenvalue weighted by molar-refractivity contribution is 0.108. The van der Waals surface area contributed by atoms with E-state index in [0.717, 1.165) is 5.56 Å². The number of hydrogen-bond acceptors (Lipinski definition) is 2. The highest BCUT2D eigenvalue weighted by molar-refractivity contribution is 7.41. The van der Waals surface area contributed by atoms with Gasteiger partial charge in [-0.25, -0.2) is 8.78 Å². The monoisotopic (exact) mass is 293 g/mol. The summed E-state index contributed by atoms with van der Waals surface area (Å²) in [4.78, 5) is 11.6. The van der Waals surface area contributed by atoms with Crippen molar-refractivity contribution in [3.8, 4) is 0 Å². The molecular weight excluding hydrogens is 279 g/mol. The zero-order chi connectivity index (χ0) is 14.9. The number of carbonyl (C=O) groups excluding carboxylic acids is 1. The highest BCUT2D eigenvalue weighted by Gasteiger charge is 2.14. The molecule has 104 valence electrons. The average Bonchev–Trinajstić information content (AvgIpc) is 2.31. The fraction of sp³-hybridized carbons (Fsp3) is 0.133. The van der Waals surface area contributed by atoms with E-state index in [1.165, 1.54) is 18.2 Å². The summed E-state index contributed by atoms with van der Waals surface area (Å²) in [6.07, 6.45) is 0. The maximum atomic E-state index is 13.8. The molecule has 0 spiro atoms. The van der Waals surface area contributed by atoms with Crippen LogP contribution >= 0.6 is 9.24 Å². The largest absolute Gasteiger partial charge is 0.352 e. The van der Waals surface area contributed by atoms with E-state index in [-0.39, 0.29) is 16.9 Å². The van der Waals surface area contributed by atoms with Crippen LogP contribution in [0.2, 0.25) is 0 Å². The Kier molecular flexibility index (Phi) is 4.15. The Labute approximate surface area is 118 Å². The maximum Gasteiger partial charge on any atom is 0.180 e. The molecule has 0 aromatic heterocycles. The van der Waals surface area contributed by atoms with Gasteiger partial charge in [-0.05, 0) is 49.2 Å². The Morgan fingerprint density at radius 1 is 1.10 bits per heavy atom. The number of carbonyl (C=O) groups is 1. The number of aryl methyl sites for hydroxylation is 2. The van der Waals surface area contributed by atoms with Crippen LogP contribution in [0.15, 0.2) is 30.3 Å². The fourth-order valence-corrected chi connectivity index (χ4v) is 2.42. The van der Waals surface area contributed by atoms with Crippen molar-refractivity contribution in [2.24, 2.45) is 0 Å². The number of hydrogen-bond donors (Lipinski definition) is 1. The summed E-state index contributed by atoms with van der Waals surface area (Å²) >= 11 is 0. The molecule has 2 aromatic rings. The third-order valence-corrected chi connectivity index (χ3v) is 3.23. The molecular formula is C15H14F2NOP. The topological polar surface area (TPSA) is 29.1 Å². The molecule has 0 radical (unpaired) electrons. The van der Waals surface area contributed by atoms with Gasteiger partial charge in [0.2, 0.25) is 0 Å². The van der Waals surface area contributed by atoms with Crippen LogP contribution in [0.5, 0.6) is 0 Å². The van der Waals surface area contributed by atoms with Crippen LogP contribution in [-0.2, 0) is 0 Å². The van der Waals surface area contributed by atoms with E-state index in [2.05, 4.69) is 5.32 Å². The van der Waals surface area contributed by atoms with E-state index in [0.29, 0.717) is 11.1 Å². The normalized spacial score (nSPS) is 10.4. The van der Waals surface area contributed by atoms with Crippen LogP contribution in [0.1, 0.15) is 21.5 Å². The van der Waals surface area contributed by atoms with Crippen LogP contribution in [0, 0.1) is 25.5 Å². The van der Waals surface area contributed by atoms with E-state index >= 15 is 0 Å². The molecule has 0 aliphatic rings. The Bertz CT molecular complexity index is 686. The number of anilines is 2. The Hall–Kier alpha value is -1.80. The standard InChI is InChI=1S/C15H14F2NOP/c1-8-3-4-12(11(17)5-8)18-13-7-10(16)6-9(2)14(13)15(19)20/h3-7,18H,20H2,1-2H3. The fourth-order valence-electron chi connectivity index (χ4n) is 2.04. The van der Waals surface area contributed by atoms with Crippen molar-refractivity contribution in [1.82, 2.24) is 0 Å². The molecule has 1 atom stereocenters. The zero-order valence-corrected chi connectivity index (χ0v) is 12.3. The lowest BCUT2D eigenvalue weighted by atomic mass is 10.1. The first kappa shape index (κ1) is 14.6. The highest BCUT2D eigenvalue weighted by Crippen LogP contribution is 2.28. The number of nitrogens with one attached hydrogen (secondary N) is 1. The SMILES string of the molecule is Cc1ccc(Nc2cc(F)cc(C)c2C(=O)P)c(F)c1. The molecule has 1 N–H and O–H groups in total. The molecule has 20 heavy (non-hydrogen) atoms. The predicted molar refractivity (Wildman–Crippen MR) is 79.6 cm³/mol. The first-order chi connectivity index (χ1) is 9.38. The highest BCUT2D eigenvalue weighted by atomic mass is 31.0. The van der Waals surface area contributed by atoms with E-state index < -0.39 is 11.6 Å². The van der Waals surface area contributed by atoms with Gasteiger partial charge >= 0.3 is 0 Å².